The Labute approximate surface area is 96.8 Å². The molecule has 0 fully saturated rings. The van der Waals surface area contributed by atoms with Gasteiger partial charge in [0.25, 0.3) is 0 Å². The average Bonchev–Trinajstić information content (AvgIpc) is 2.22. The minimum absolute atomic E-state index is 0.153. The van der Waals surface area contributed by atoms with Crippen LogP contribution in [0, 0.1) is 19.3 Å². The third kappa shape index (κ3) is 3.58. The number of halogens is 1. The predicted molar refractivity (Wildman–Crippen MR) is 65.9 cm³/mol. The molecule has 0 saturated carbocycles. The van der Waals surface area contributed by atoms with Crippen LogP contribution in [0.4, 0.5) is 0 Å². The van der Waals surface area contributed by atoms with Gasteiger partial charge in [-0.1, -0.05) is 30.5 Å². The van der Waals surface area contributed by atoms with Crippen LogP contribution in [0.1, 0.15) is 24.5 Å². The molecule has 0 bridgehead atoms. The first kappa shape index (κ1) is 12.1. The van der Waals surface area contributed by atoms with E-state index in [4.69, 9.17) is 18.0 Å². The van der Waals surface area contributed by atoms with Gasteiger partial charge in [0.15, 0.2) is 0 Å². The van der Waals surface area contributed by atoms with E-state index in [-0.39, 0.29) is 6.04 Å². The van der Waals surface area contributed by atoms with Crippen LogP contribution >= 0.6 is 11.6 Å². The molecule has 15 heavy (non-hydrogen) atoms. The fourth-order valence-corrected chi connectivity index (χ4v) is 1.64. The number of hydrogen-bond acceptors (Lipinski definition) is 1. The third-order valence-electron chi connectivity index (χ3n) is 2.45. The smallest absolute Gasteiger partial charge is 0.0686 e. The first-order valence-corrected chi connectivity index (χ1v) is 5.49. The van der Waals surface area contributed by atoms with E-state index in [0.717, 1.165) is 18.0 Å². The van der Waals surface area contributed by atoms with Crippen molar-refractivity contribution in [3.8, 4) is 12.3 Å². The molecule has 80 valence electrons. The molecule has 1 atom stereocenters. The van der Waals surface area contributed by atoms with Crippen molar-refractivity contribution < 1.29 is 0 Å². The van der Waals surface area contributed by atoms with E-state index in [1.807, 2.05) is 18.2 Å². The molecule has 0 spiro atoms. The summed E-state index contributed by atoms with van der Waals surface area (Å²) >= 11 is 5.88. The summed E-state index contributed by atoms with van der Waals surface area (Å²) in [5.74, 6) is 2.72. The van der Waals surface area contributed by atoms with Crippen molar-refractivity contribution in [3.63, 3.8) is 0 Å². The van der Waals surface area contributed by atoms with Gasteiger partial charge in [0.05, 0.1) is 6.04 Å². The van der Waals surface area contributed by atoms with Crippen molar-refractivity contribution >= 4 is 11.6 Å². The summed E-state index contributed by atoms with van der Waals surface area (Å²) in [6.45, 7) is 4.93. The summed E-state index contributed by atoms with van der Waals surface area (Å²) < 4.78 is 0. The Morgan fingerprint density at radius 1 is 1.53 bits per heavy atom. The monoisotopic (exact) mass is 221 g/mol. The number of hydrogen-bond donors (Lipinski definition) is 1. The molecule has 0 radical (unpaired) electrons. The lowest BCUT2D eigenvalue weighted by Gasteiger charge is -2.12. The lowest BCUT2D eigenvalue weighted by atomic mass is 10.1. The molecule has 1 aromatic carbocycles. The second-order valence-corrected chi connectivity index (χ2v) is 4.02. The first-order chi connectivity index (χ1) is 7.17. The Morgan fingerprint density at radius 2 is 2.27 bits per heavy atom. The van der Waals surface area contributed by atoms with Gasteiger partial charge in [-0.25, -0.2) is 0 Å². The highest BCUT2D eigenvalue weighted by molar-refractivity contribution is 6.30. The highest BCUT2D eigenvalue weighted by Gasteiger charge is 2.03. The van der Waals surface area contributed by atoms with Gasteiger partial charge in [0, 0.05) is 11.6 Å². The Hall–Kier alpha value is -0.970. The van der Waals surface area contributed by atoms with Crippen molar-refractivity contribution in [1.29, 1.82) is 0 Å². The largest absolute Gasteiger partial charge is 0.300 e. The van der Waals surface area contributed by atoms with Gasteiger partial charge in [-0.2, -0.15) is 0 Å². The topological polar surface area (TPSA) is 12.0 Å². The maximum atomic E-state index is 5.88. The molecule has 0 amide bonds. The molecule has 1 N–H and O–H groups in total. The van der Waals surface area contributed by atoms with Crippen LogP contribution in [-0.4, -0.2) is 6.04 Å². The number of benzene rings is 1. The standard InChI is InChI=1S/C13H16ClN/c1-4-13(5-2)15-9-11-6-7-12(14)8-10(11)3/h1,6-8,13,15H,5,9H2,2-3H3. The van der Waals surface area contributed by atoms with Crippen LogP contribution in [0.3, 0.4) is 0 Å². The average molecular weight is 222 g/mol. The van der Waals surface area contributed by atoms with Crippen LogP contribution in [-0.2, 0) is 6.54 Å². The van der Waals surface area contributed by atoms with E-state index in [0.29, 0.717) is 0 Å². The van der Waals surface area contributed by atoms with Gasteiger partial charge in [-0.3, -0.25) is 5.32 Å². The van der Waals surface area contributed by atoms with Crippen molar-refractivity contribution in [3.05, 3.63) is 34.3 Å². The summed E-state index contributed by atoms with van der Waals surface area (Å²) in [6, 6.07) is 6.06. The highest BCUT2D eigenvalue weighted by atomic mass is 35.5. The number of terminal acetylenes is 1. The SMILES string of the molecule is C#CC(CC)NCc1ccc(Cl)cc1C. The van der Waals surface area contributed by atoms with Crippen LogP contribution in [0.2, 0.25) is 5.02 Å². The molecule has 0 heterocycles. The molecule has 0 aromatic heterocycles. The second-order valence-electron chi connectivity index (χ2n) is 3.58. The summed E-state index contributed by atoms with van der Waals surface area (Å²) in [6.07, 6.45) is 6.32. The van der Waals surface area contributed by atoms with Crippen LogP contribution in [0.25, 0.3) is 0 Å². The van der Waals surface area contributed by atoms with E-state index >= 15 is 0 Å². The molecule has 0 saturated heterocycles. The van der Waals surface area contributed by atoms with Gasteiger partial charge in [0.2, 0.25) is 0 Å². The molecule has 1 aromatic rings. The third-order valence-corrected chi connectivity index (χ3v) is 2.69. The second kappa shape index (κ2) is 5.80. The molecular formula is C13H16ClN. The Bertz CT molecular complexity index is 365. The minimum Gasteiger partial charge on any atom is -0.300 e. The van der Waals surface area contributed by atoms with Gasteiger partial charge >= 0.3 is 0 Å². The zero-order chi connectivity index (χ0) is 11.3. The van der Waals surface area contributed by atoms with Crippen molar-refractivity contribution in [1.82, 2.24) is 5.32 Å². The number of rotatable bonds is 4. The maximum absolute atomic E-state index is 5.88. The van der Waals surface area contributed by atoms with Gasteiger partial charge in [-0.05, 0) is 36.6 Å². The molecule has 1 rings (SSSR count). The van der Waals surface area contributed by atoms with E-state index in [2.05, 4.69) is 25.1 Å². The van der Waals surface area contributed by atoms with E-state index in [1.165, 1.54) is 11.1 Å². The van der Waals surface area contributed by atoms with Gasteiger partial charge in [-0.15, -0.1) is 6.42 Å². The molecule has 1 nitrogen and oxygen atoms in total. The summed E-state index contributed by atoms with van der Waals surface area (Å²) in [5.41, 5.74) is 2.44. The fraction of sp³-hybridized carbons (Fsp3) is 0.385. The summed E-state index contributed by atoms with van der Waals surface area (Å²) in [4.78, 5) is 0. The number of aryl methyl sites for hydroxylation is 1. The molecule has 0 aliphatic rings. The Balaban J connectivity index is 2.62. The predicted octanol–water partition coefficient (Wildman–Crippen LogP) is 3.15. The maximum Gasteiger partial charge on any atom is 0.0686 e. The van der Waals surface area contributed by atoms with Gasteiger partial charge in [0.1, 0.15) is 0 Å². The van der Waals surface area contributed by atoms with E-state index in [1.54, 1.807) is 0 Å². The van der Waals surface area contributed by atoms with Crippen molar-refractivity contribution in [2.24, 2.45) is 0 Å². The van der Waals surface area contributed by atoms with E-state index < -0.39 is 0 Å². The molecular weight excluding hydrogens is 206 g/mol. The Morgan fingerprint density at radius 3 is 2.80 bits per heavy atom. The summed E-state index contributed by atoms with van der Waals surface area (Å²) in [5, 5.41) is 4.09. The Kier molecular flexibility index (Phi) is 4.68. The molecule has 2 heteroatoms. The fourth-order valence-electron chi connectivity index (χ4n) is 1.41. The molecule has 0 aliphatic carbocycles. The van der Waals surface area contributed by atoms with E-state index in [9.17, 15) is 0 Å². The quantitative estimate of drug-likeness (QED) is 0.771. The van der Waals surface area contributed by atoms with Crippen LogP contribution in [0.15, 0.2) is 18.2 Å². The van der Waals surface area contributed by atoms with Gasteiger partial charge < -0.3 is 0 Å². The lowest BCUT2D eigenvalue weighted by molar-refractivity contribution is 0.591. The van der Waals surface area contributed by atoms with Crippen molar-refractivity contribution in [2.45, 2.75) is 32.9 Å². The highest BCUT2D eigenvalue weighted by Crippen LogP contribution is 2.15. The van der Waals surface area contributed by atoms with Crippen LogP contribution < -0.4 is 5.32 Å². The van der Waals surface area contributed by atoms with Crippen molar-refractivity contribution in [2.75, 3.05) is 0 Å². The summed E-state index contributed by atoms with van der Waals surface area (Å²) in [7, 11) is 0. The lowest BCUT2D eigenvalue weighted by Crippen LogP contribution is -2.26. The molecule has 1 unspecified atom stereocenters. The zero-order valence-electron chi connectivity index (χ0n) is 9.18. The minimum atomic E-state index is 0.153. The zero-order valence-corrected chi connectivity index (χ0v) is 9.93. The number of nitrogens with one attached hydrogen (secondary N) is 1. The molecule has 0 aliphatic heterocycles. The van der Waals surface area contributed by atoms with Crippen LogP contribution in [0.5, 0.6) is 0 Å². The first-order valence-electron chi connectivity index (χ1n) is 5.12. The normalized spacial score (nSPS) is 12.1.